The van der Waals surface area contributed by atoms with Crippen molar-refractivity contribution in [1.29, 1.82) is 0 Å². The SMILES string of the molecule is Cc1coc(C)c1C(=O)OC(C)C. The number of aryl methyl sites for hydroxylation is 2. The molecule has 0 saturated carbocycles. The van der Waals surface area contributed by atoms with E-state index in [1.807, 2.05) is 20.8 Å². The predicted octanol–water partition coefficient (Wildman–Crippen LogP) is 2.46. The maximum absolute atomic E-state index is 11.5. The monoisotopic (exact) mass is 182 g/mol. The summed E-state index contributed by atoms with van der Waals surface area (Å²) in [5, 5.41) is 0. The number of esters is 1. The average molecular weight is 182 g/mol. The van der Waals surface area contributed by atoms with Gasteiger partial charge in [-0.25, -0.2) is 4.79 Å². The summed E-state index contributed by atoms with van der Waals surface area (Å²) in [5.41, 5.74) is 1.37. The van der Waals surface area contributed by atoms with Crippen LogP contribution in [-0.4, -0.2) is 12.1 Å². The van der Waals surface area contributed by atoms with Gasteiger partial charge in [0.15, 0.2) is 0 Å². The van der Waals surface area contributed by atoms with Crippen molar-refractivity contribution in [3.05, 3.63) is 23.2 Å². The molecule has 0 amide bonds. The van der Waals surface area contributed by atoms with Crippen LogP contribution in [0.2, 0.25) is 0 Å². The van der Waals surface area contributed by atoms with E-state index in [9.17, 15) is 4.79 Å². The summed E-state index contributed by atoms with van der Waals surface area (Å²) in [7, 11) is 0. The Hall–Kier alpha value is -1.25. The molecule has 0 radical (unpaired) electrons. The fourth-order valence-corrected chi connectivity index (χ4v) is 1.15. The average Bonchev–Trinajstić information content (AvgIpc) is 2.29. The smallest absolute Gasteiger partial charge is 0.342 e. The maximum Gasteiger partial charge on any atom is 0.342 e. The second kappa shape index (κ2) is 3.64. The van der Waals surface area contributed by atoms with Crippen molar-refractivity contribution >= 4 is 5.97 Å². The van der Waals surface area contributed by atoms with Crippen LogP contribution in [0.15, 0.2) is 10.7 Å². The molecule has 13 heavy (non-hydrogen) atoms. The Morgan fingerprint density at radius 1 is 1.46 bits per heavy atom. The minimum atomic E-state index is -0.307. The molecule has 0 aliphatic carbocycles. The van der Waals surface area contributed by atoms with E-state index < -0.39 is 0 Å². The van der Waals surface area contributed by atoms with Gasteiger partial charge in [-0.15, -0.1) is 0 Å². The van der Waals surface area contributed by atoms with Gasteiger partial charge in [0.2, 0.25) is 0 Å². The zero-order valence-electron chi connectivity index (χ0n) is 8.38. The summed E-state index contributed by atoms with van der Waals surface area (Å²) in [5.74, 6) is 0.307. The van der Waals surface area contributed by atoms with E-state index in [1.165, 1.54) is 0 Å². The van der Waals surface area contributed by atoms with Gasteiger partial charge in [-0.05, 0) is 27.7 Å². The van der Waals surface area contributed by atoms with Gasteiger partial charge in [0, 0.05) is 5.56 Å². The molecule has 0 aliphatic rings. The van der Waals surface area contributed by atoms with Gasteiger partial charge in [0.25, 0.3) is 0 Å². The van der Waals surface area contributed by atoms with Crippen LogP contribution in [0.5, 0.6) is 0 Å². The topological polar surface area (TPSA) is 39.4 Å². The normalized spacial score (nSPS) is 10.5. The molecule has 0 spiro atoms. The minimum absolute atomic E-state index is 0.0961. The van der Waals surface area contributed by atoms with Crippen molar-refractivity contribution in [3.8, 4) is 0 Å². The molecule has 1 rings (SSSR count). The van der Waals surface area contributed by atoms with Crippen molar-refractivity contribution in [2.75, 3.05) is 0 Å². The van der Waals surface area contributed by atoms with E-state index in [-0.39, 0.29) is 12.1 Å². The number of hydrogen-bond acceptors (Lipinski definition) is 3. The number of furan rings is 1. The fraction of sp³-hybridized carbons (Fsp3) is 0.500. The Kier molecular flexibility index (Phi) is 2.76. The quantitative estimate of drug-likeness (QED) is 0.659. The summed E-state index contributed by atoms with van der Waals surface area (Å²) < 4.78 is 10.2. The number of carbonyl (C=O) groups is 1. The molecular formula is C10H14O3. The molecule has 0 unspecified atom stereocenters. The van der Waals surface area contributed by atoms with Gasteiger partial charge in [-0.1, -0.05) is 0 Å². The summed E-state index contributed by atoms with van der Waals surface area (Å²) in [6, 6.07) is 0. The molecule has 0 atom stereocenters. The fourth-order valence-electron chi connectivity index (χ4n) is 1.15. The van der Waals surface area contributed by atoms with Crippen LogP contribution in [0.3, 0.4) is 0 Å². The molecule has 3 nitrogen and oxygen atoms in total. The van der Waals surface area contributed by atoms with Crippen molar-refractivity contribution in [2.24, 2.45) is 0 Å². The second-order valence-electron chi connectivity index (χ2n) is 3.30. The van der Waals surface area contributed by atoms with E-state index in [0.717, 1.165) is 5.56 Å². The lowest BCUT2D eigenvalue weighted by atomic mass is 10.2. The first-order valence-corrected chi connectivity index (χ1v) is 4.28. The molecule has 72 valence electrons. The van der Waals surface area contributed by atoms with Gasteiger partial charge in [-0.3, -0.25) is 0 Å². The van der Waals surface area contributed by atoms with Gasteiger partial charge >= 0.3 is 5.97 Å². The van der Waals surface area contributed by atoms with Crippen molar-refractivity contribution in [1.82, 2.24) is 0 Å². The van der Waals surface area contributed by atoms with Crippen LogP contribution in [0.4, 0.5) is 0 Å². The van der Waals surface area contributed by atoms with Crippen LogP contribution < -0.4 is 0 Å². The number of hydrogen-bond donors (Lipinski definition) is 0. The molecule has 0 aliphatic heterocycles. The lowest BCUT2D eigenvalue weighted by Gasteiger charge is -2.07. The third kappa shape index (κ3) is 2.11. The molecule has 1 aromatic heterocycles. The predicted molar refractivity (Wildman–Crippen MR) is 48.7 cm³/mol. The molecule has 0 bridgehead atoms. The van der Waals surface area contributed by atoms with Crippen LogP contribution in [0.1, 0.15) is 35.5 Å². The second-order valence-corrected chi connectivity index (χ2v) is 3.30. The summed E-state index contributed by atoms with van der Waals surface area (Å²) >= 11 is 0. The zero-order chi connectivity index (χ0) is 10.0. The highest BCUT2D eigenvalue weighted by Gasteiger charge is 2.17. The van der Waals surface area contributed by atoms with Gasteiger partial charge in [-0.2, -0.15) is 0 Å². The number of carbonyl (C=O) groups excluding carboxylic acids is 1. The van der Waals surface area contributed by atoms with Crippen LogP contribution in [0.25, 0.3) is 0 Å². The molecular weight excluding hydrogens is 168 g/mol. The van der Waals surface area contributed by atoms with Crippen LogP contribution in [0, 0.1) is 13.8 Å². The first-order chi connectivity index (χ1) is 6.02. The summed E-state index contributed by atoms with van der Waals surface area (Å²) in [6.07, 6.45) is 1.47. The lowest BCUT2D eigenvalue weighted by Crippen LogP contribution is -2.12. The Morgan fingerprint density at radius 2 is 2.08 bits per heavy atom. The largest absolute Gasteiger partial charge is 0.468 e. The molecule has 1 heterocycles. The molecule has 0 aromatic carbocycles. The van der Waals surface area contributed by atoms with Gasteiger partial charge in [0.1, 0.15) is 11.3 Å². The van der Waals surface area contributed by atoms with E-state index in [1.54, 1.807) is 13.2 Å². The number of ether oxygens (including phenoxy) is 1. The van der Waals surface area contributed by atoms with E-state index >= 15 is 0 Å². The minimum Gasteiger partial charge on any atom is -0.468 e. The highest BCUT2D eigenvalue weighted by molar-refractivity contribution is 5.92. The molecule has 1 aromatic rings. The van der Waals surface area contributed by atoms with Gasteiger partial charge < -0.3 is 9.15 Å². The Labute approximate surface area is 77.7 Å². The standard InChI is InChI=1S/C10H14O3/c1-6(2)13-10(11)9-7(3)5-12-8(9)4/h5-6H,1-4H3. The Bertz CT molecular complexity index is 290. The van der Waals surface area contributed by atoms with Crippen molar-refractivity contribution < 1.29 is 13.9 Å². The first kappa shape index (κ1) is 9.84. The highest BCUT2D eigenvalue weighted by atomic mass is 16.5. The van der Waals surface area contributed by atoms with Crippen molar-refractivity contribution in [3.63, 3.8) is 0 Å². The number of rotatable bonds is 2. The Balaban J connectivity index is 2.88. The third-order valence-electron chi connectivity index (χ3n) is 1.71. The third-order valence-corrected chi connectivity index (χ3v) is 1.71. The molecule has 0 saturated heterocycles. The molecule has 0 fully saturated rings. The lowest BCUT2D eigenvalue weighted by molar-refractivity contribution is 0.0375. The summed E-state index contributed by atoms with van der Waals surface area (Å²) in [4.78, 5) is 11.5. The van der Waals surface area contributed by atoms with E-state index in [4.69, 9.17) is 9.15 Å². The van der Waals surface area contributed by atoms with Crippen LogP contribution in [-0.2, 0) is 4.74 Å². The maximum atomic E-state index is 11.5. The van der Waals surface area contributed by atoms with E-state index in [0.29, 0.717) is 11.3 Å². The first-order valence-electron chi connectivity index (χ1n) is 4.28. The highest BCUT2D eigenvalue weighted by Crippen LogP contribution is 2.16. The van der Waals surface area contributed by atoms with E-state index in [2.05, 4.69) is 0 Å². The van der Waals surface area contributed by atoms with Gasteiger partial charge in [0.05, 0.1) is 12.4 Å². The van der Waals surface area contributed by atoms with Crippen molar-refractivity contribution in [2.45, 2.75) is 33.8 Å². The zero-order valence-corrected chi connectivity index (χ0v) is 8.38. The van der Waals surface area contributed by atoms with Crippen LogP contribution >= 0.6 is 0 Å². The summed E-state index contributed by atoms with van der Waals surface area (Å²) in [6.45, 7) is 7.22. The molecule has 0 N–H and O–H groups in total. The Morgan fingerprint density at radius 3 is 2.46 bits per heavy atom. The molecule has 3 heteroatoms.